The summed E-state index contributed by atoms with van der Waals surface area (Å²) >= 11 is 0. The number of nitrogens with zero attached hydrogens (tertiary/aromatic N) is 3. The number of fused-ring (bicyclic) bond motifs is 2. The lowest BCUT2D eigenvalue weighted by molar-refractivity contribution is 0.0525. The van der Waals surface area contributed by atoms with Crippen molar-refractivity contribution in [3.8, 4) is 0 Å². The van der Waals surface area contributed by atoms with Crippen LogP contribution in [0.1, 0.15) is 28.4 Å². The van der Waals surface area contributed by atoms with Crippen LogP contribution in [0.15, 0.2) is 41.1 Å². The van der Waals surface area contributed by atoms with E-state index in [1.165, 1.54) is 0 Å². The van der Waals surface area contributed by atoms with Crippen LogP contribution in [0.5, 0.6) is 0 Å². The number of hydrogen-bond donors (Lipinski definition) is 0. The molecule has 0 radical (unpaired) electrons. The maximum absolute atomic E-state index is 12.1. The summed E-state index contributed by atoms with van der Waals surface area (Å²) < 4.78 is 10.9. The second-order valence-corrected chi connectivity index (χ2v) is 5.36. The van der Waals surface area contributed by atoms with Gasteiger partial charge in [0.15, 0.2) is 5.58 Å². The molecule has 0 atom stereocenters. The van der Waals surface area contributed by atoms with E-state index < -0.39 is 0 Å². The highest BCUT2D eigenvalue weighted by atomic mass is 16.5. The van der Waals surface area contributed by atoms with Crippen molar-refractivity contribution in [1.82, 2.24) is 9.97 Å². The number of oxazole rings is 1. The van der Waals surface area contributed by atoms with Crippen LogP contribution in [0.4, 0.5) is 6.01 Å². The van der Waals surface area contributed by atoms with Crippen LogP contribution in [0, 0.1) is 0 Å². The van der Waals surface area contributed by atoms with E-state index in [2.05, 4.69) is 9.97 Å². The van der Waals surface area contributed by atoms with E-state index in [0.29, 0.717) is 36.9 Å². The van der Waals surface area contributed by atoms with Crippen LogP contribution < -0.4 is 4.90 Å². The molecule has 2 aromatic heterocycles. The number of benzene rings is 1. The first-order valence-electron chi connectivity index (χ1n) is 7.49. The van der Waals surface area contributed by atoms with E-state index in [1.54, 1.807) is 31.5 Å². The predicted molar refractivity (Wildman–Crippen MR) is 84.1 cm³/mol. The second kappa shape index (κ2) is 5.39. The van der Waals surface area contributed by atoms with Gasteiger partial charge in [-0.2, -0.15) is 4.98 Å². The molecule has 3 heterocycles. The van der Waals surface area contributed by atoms with Gasteiger partial charge in [0, 0.05) is 25.4 Å². The molecule has 1 aromatic carbocycles. The van der Waals surface area contributed by atoms with Gasteiger partial charge in [-0.15, -0.1) is 0 Å². The fourth-order valence-corrected chi connectivity index (χ4v) is 2.86. The van der Waals surface area contributed by atoms with E-state index in [1.807, 2.05) is 17.0 Å². The summed E-state index contributed by atoms with van der Waals surface area (Å²) in [5.74, 6) is -0.284. The van der Waals surface area contributed by atoms with Gasteiger partial charge < -0.3 is 14.1 Å². The van der Waals surface area contributed by atoms with Gasteiger partial charge in [0.2, 0.25) is 0 Å². The second-order valence-electron chi connectivity index (χ2n) is 5.36. The van der Waals surface area contributed by atoms with Gasteiger partial charge >= 0.3 is 5.97 Å². The Labute approximate surface area is 132 Å². The third kappa shape index (κ3) is 2.32. The Morgan fingerprint density at radius 1 is 1.35 bits per heavy atom. The van der Waals surface area contributed by atoms with Crippen LogP contribution >= 0.6 is 0 Å². The number of rotatable bonds is 3. The molecular weight excluding hydrogens is 294 g/mol. The molecule has 0 bridgehead atoms. The van der Waals surface area contributed by atoms with E-state index in [0.717, 1.165) is 16.6 Å². The number of carbonyl (C=O) groups is 1. The van der Waals surface area contributed by atoms with Crippen LogP contribution in [0.2, 0.25) is 0 Å². The molecule has 3 aromatic rings. The minimum atomic E-state index is -0.284. The van der Waals surface area contributed by atoms with Crippen molar-refractivity contribution >= 4 is 23.1 Å². The zero-order chi connectivity index (χ0) is 15.8. The first-order chi connectivity index (χ1) is 11.3. The minimum Gasteiger partial charge on any atom is -0.462 e. The zero-order valence-corrected chi connectivity index (χ0v) is 12.7. The molecule has 0 saturated carbocycles. The molecule has 1 aliphatic heterocycles. The molecule has 116 valence electrons. The molecular formula is C17H15N3O3. The molecule has 0 saturated heterocycles. The third-order valence-electron chi connectivity index (χ3n) is 3.93. The largest absolute Gasteiger partial charge is 0.462 e. The van der Waals surface area contributed by atoms with Crippen LogP contribution in [0.25, 0.3) is 11.1 Å². The molecule has 6 nitrogen and oxygen atoms in total. The Hall–Kier alpha value is -2.89. The number of pyridine rings is 1. The van der Waals surface area contributed by atoms with Crippen molar-refractivity contribution in [1.29, 1.82) is 0 Å². The number of carbonyl (C=O) groups excluding carboxylic acids is 1. The molecule has 6 heteroatoms. The minimum absolute atomic E-state index is 0.284. The topological polar surface area (TPSA) is 68.5 Å². The molecule has 23 heavy (non-hydrogen) atoms. The van der Waals surface area contributed by atoms with Gasteiger partial charge in [0.25, 0.3) is 6.01 Å². The lowest BCUT2D eigenvalue weighted by atomic mass is 10.0. The molecule has 0 amide bonds. The summed E-state index contributed by atoms with van der Waals surface area (Å²) in [5.41, 5.74) is 4.12. The van der Waals surface area contributed by atoms with Crippen molar-refractivity contribution in [2.24, 2.45) is 0 Å². The summed E-state index contributed by atoms with van der Waals surface area (Å²) in [6.07, 6.45) is 3.35. The highest BCUT2D eigenvalue weighted by molar-refractivity contribution is 5.92. The lowest BCUT2D eigenvalue weighted by Gasteiger charge is -2.11. The van der Waals surface area contributed by atoms with E-state index in [4.69, 9.17) is 9.15 Å². The molecule has 1 aliphatic rings. The Morgan fingerprint density at radius 3 is 3.09 bits per heavy atom. The molecule has 0 unspecified atom stereocenters. The van der Waals surface area contributed by atoms with E-state index >= 15 is 0 Å². The standard InChI is InChI=1S/C17H15N3O3/c1-2-22-16(21)12-5-3-4-11-9-20(10-13(11)12)17-19-14-8-18-7-6-15(14)23-17/h3-8H,2,9-10H2,1H3. The number of hydrogen-bond acceptors (Lipinski definition) is 6. The molecule has 0 spiro atoms. The maximum atomic E-state index is 12.1. The van der Waals surface area contributed by atoms with Gasteiger partial charge in [-0.25, -0.2) is 4.79 Å². The average Bonchev–Trinajstić information content (AvgIpc) is 3.18. The number of aromatic nitrogens is 2. The van der Waals surface area contributed by atoms with Gasteiger partial charge in [-0.3, -0.25) is 4.98 Å². The monoisotopic (exact) mass is 309 g/mol. The lowest BCUT2D eigenvalue weighted by Crippen LogP contribution is -2.15. The summed E-state index contributed by atoms with van der Waals surface area (Å²) in [6, 6.07) is 8.03. The Kier molecular flexibility index (Phi) is 3.22. The summed E-state index contributed by atoms with van der Waals surface area (Å²) in [6.45, 7) is 3.40. The van der Waals surface area contributed by atoms with E-state index in [9.17, 15) is 4.79 Å². The summed E-state index contributed by atoms with van der Waals surface area (Å²) in [4.78, 5) is 22.6. The number of esters is 1. The normalized spacial score (nSPS) is 13.3. The average molecular weight is 309 g/mol. The van der Waals surface area contributed by atoms with Crippen molar-refractivity contribution in [3.63, 3.8) is 0 Å². The fourth-order valence-electron chi connectivity index (χ4n) is 2.86. The highest BCUT2D eigenvalue weighted by Crippen LogP contribution is 2.31. The molecule has 0 N–H and O–H groups in total. The van der Waals surface area contributed by atoms with Crippen molar-refractivity contribution in [3.05, 3.63) is 53.3 Å². The van der Waals surface area contributed by atoms with Crippen molar-refractivity contribution in [2.45, 2.75) is 20.0 Å². The van der Waals surface area contributed by atoms with Crippen LogP contribution in [0.3, 0.4) is 0 Å². The van der Waals surface area contributed by atoms with Crippen LogP contribution in [-0.2, 0) is 17.8 Å². The predicted octanol–water partition coefficient (Wildman–Crippen LogP) is 2.92. The fraction of sp³-hybridized carbons (Fsp3) is 0.235. The van der Waals surface area contributed by atoms with Crippen molar-refractivity contribution in [2.75, 3.05) is 11.5 Å². The molecule has 4 rings (SSSR count). The number of anilines is 1. The summed E-state index contributed by atoms with van der Waals surface area (Å²) in [7, 11) is 0. The smallest absolute Gasteiger partial charge is 0.338 e. The number of ether oxygens (including phenoxy) is 1. The molecule has 0 fully saturated rings. The van der Waals surface area contributed by atoms with Gasteiger partial charge in [0.05, 0.1) is 18.4 Å². The molecule has 0 aliphatic carbocycles. The van der Waals surface area contributed by atoms with Gasteiger partial charge in [0.1, 0.15) is 5.52 Å². The Morgan fingerprint density at radius 2 is 2.26 bits per heavy atom. The van der Waals surface area contributed by atoms with Crippen molar-refractivity contribution < 1.29 is 13.9 Å². The van der Waals surface area contributed by atoms with Gasteiger partial charge in [-0.05, 0) is 24.1 Å². The SMILES string of the molecule is CCOC(=O)c1cccc2c1CN(c1nc3cnccc3o1)C2. The Bertz CT molecular complexity index is 855. The van der Waals surface area contributed by atoms with Gasteiger partial charge in [-0.1, -0.05) is 12.1 Å². The quantitative estimate of drug-likeness (QED) is 0.693. The summed E-state index contributed by atoms with van der Waals surface area (Å²) in [5, 5.41) is 0. The van der Waals surface area contributed by atoms with E-state index in [-0.39, 0.29) is 5.97 Å². The zero-order valence-electron chi connectivity index (χ0n) is 12.7. The maximum Gasteiger partial charge on any atom is 0.338 e. The first kappa shape index (κ1) is 13.8. The highest BCUT2D eigenvalue weighted by Gasteiger charge is 2.27. The van der Waals surface area contributed by atoms with Crippen LogP contribution in [-0.4, -0.2) is 22.5 Å². The first-order valence-corrected chi connectivity index (χ1v) is 7.49. The third-order valence-corrected chi connectivity index (χ3v) is 3.93. The Balaban J connectivity index is 1.67.